The number of nitrogens with zero attached hydrogens (tertiary/aromatic N) is 4. The second-order valence-corrected chi connectivity index (χ2v) is 6.76. The van der Waals surface area contributed by atoms with Crippen molar-refractivity contribution in [2.24, 2.45) is 0 Å². The molecule has 0 aliphatic rings. The number of amides is 1. The maximum atomic E-state index is 12.3. The van der Waals surface area contributed by atoms with Crippen LogP contribution in [0.2, 0.25) is 5.02 Å². The molecule has 2 aromatic carbocycles. The average Bonchev–Trinajstić information content (AvgIpc) is 2.72. The molecule has 2 N–H and O–H groups in total. The molecule has 0 atom stereocenters. The molecule has 9 nitrogen and oxygen atoms in total. The number of halogens is 1. The molecule has 30 heavy (non-hydrogen) atoms. The molecule has 3 rings (SSSR count). The second kappa shape index (κ2) is 9.19. The summed E-state index contributed by atoms with van der Waals surface area (Å²) in [4.78, 5) is 33.4. The Morgan fingerprint density at radius 2 is 1.97 bits per heavy atom. The number of carbonyl (C=O) groups is 1. The largest absolute Gasteiger partial charge is 0.355 e. The van der Waals surface area contributed by atoms with Gasteiger partial charge in [0.25, 0.3) is 5.91 Å². The van der Waals surface area contributed by atoms with Gasteiger partial charge in [0.05, 0.1) is 4.92 Å². The van der Waals surface area contributed by atoms with Crippen LogP contribution >= 0.6 is 11.6 Å². The number of hydrogen-bond donors (Lipinski definition) is 2. The van der Waals surface area contributed by atoms with Gasteiger partial charge in [-0.15, -0.1) is 0 Å². The lowest BCUT2D eigenvalue weighted by Gasteiger charge is -2.22. The maximum absolute atomic E-state index is 12.3. The van der Waals surface area contributed by atoms with E-state index in [1.54, 1.807) is 23.1 Å². The Labute approximate surface area is 177 Å². The first-order valence-electron chi connectivity index (χ1n) is 9.06. The van der Waals surface area contributed by atoms with E-state index in [1.165, 1.54) is 12.4 Å². The molecule has 0 spiro atoms. The minimum absolute atomic E-state index is 0.114. The normalized spacial score (nSPS) is 10.4. The highest BCUT2D eigenvalue weighted by molar-refractivity contribution is 6.30. The third kappa shape index (κ3) is 4.64. The first kappa shape index (κ1) is 21.0. The van der Waals surface area contributed by atoms with E-state index in [0.717, 1.165) is 11.3 Å². The SMILES string of the molecule is CCN(c1cccc(C)c1)c1ncnc(NNC(=O)c2cccc(Cl)c2)c1[N+](=O)[O-]. The van der Waals surface area contributed by atoms with Crippen molar-refractivity contribution in [2.45, 2.75) is 13.8 Å². The molecule has 3 aromatic rings. The molecule has 0 aliphatic heterocycles. The number of rotatable bonds is 7. The Morgan fingerprint density at radius 3 is 2.63 bits per heavy atom. The molecule has 154 valence electrons. The van der Waals surface area contributed by atoms with Gasteiger partial charge in [-0.1, -0.05) is 29.8 Å². The maximum Gasteiger partial charge on any atom is 0.355 e. The summed E-state index contributed by atoms with van der Waals surface area (Å²) in [6.07, 6.45) is 1.20. The van der Waals surface area contributed by atoms with Crippen molar-refractivity contribution >= 4 is 40.5 Å². The summed E-state index contributed by atoms with van der Waals surface area (Å²) >= 11 is 5.90. The first-order chi connectivity index (χ1) is 14.4. The van der Waals surface area contributed by atoms with Gasteiger partial charge < -0.3 is 4.90 Å². The highest BCUT2D eigenvalue weighted by Crippen LogP contribution is 2.35. The van der Waals surface area contributed by atoms with Crippen molar-refractivity contribution in [3.8, 4) is 0 Å². The van der Waals surface area contributed by atoms with Gasteiger partial charge >= 0.3 is 5.69 Å². The highest BCUT2D eigenvalue weighted by Gasteiger charge is 2.27. The molecule has 0 saturated carbocycles. The van der Waals surface area contributed by atoms with Crippen LogP contribution in [0.25, 0.3) is 0 Å². The smallest absolute Gasteiger partial charge is 0.321 e. The van der Waals surface area contributed by atoms with Crippen LogP contribution in [0.4, 0.5) is 23.0 Å². The van der Waals surface area contributed by atoms with Crippen molar-refractivity contribution in [1.82, 2.24) is 15.4 Å². The van der Waals surface area contributed by atoms with Crippen molar-refractivity contribution in [1.29, 1.82) is 0 Å². The van der Waals surface area contributed by atoms with E-state index in [9.17, 15) is 14.9 Å². The minimum Gasteiger partial charge on any atom is -0.321 e. The van der Waals surface area contributed by atoms with Crippen LogP contribution in [0, 0.1) is 17.0 Å². The topological polar surface area (TPSA) is 113 Å². The number of hydrogen-bond acceptors (Lipinski definition) is 7. The van der Waals surface area contributed by atoms with Crippen LogP contribution in [0.5, 0.6) is 0 Å². The van der Waals surface area contributed by atoms with E-state index in [4.69, 9.17) is 11.6 Å². The molecule has 0 radical (unpaired) electrons. The predicted octanol–water partition coefficient (Wildman–Crippen LogP) is 4.26. The number of nitro groups is 1. The van der Waals surface area contributed by atoms with Crippen molar-refractivity contribution < 1.29 is 9.72 Å². The van der Waals surface area contributed by atoms with Gasteiger partial charge in [0.1, 0.15) is 6.33 Å². The summed E-state index contributed by atoms with van der Waals surface area (Å²) in [7, 11) is 0. The van der Waals surface area contributed by atoms with Crippen LogP contribution in [-0.4, -0.2) is 27.3 Å². The van der Waals surface area contributed by atoms with E-state index < -0.39 is 10.8 Å². The fraction of sp³-hybridized carbons (Fsp3) is 0.150. The van der Waals surface area contributed by atoms with E-state index in [-0.39, 0.29) is 17.3 Å². The van der Waals surface area contributed by atoms with Gasteiger partial charge in [-0.25, -0.2) is 9.97 Å². The number of aryl methyl sites for hydroxylation is 1. The van der Waals surface area contributed by atoms with Gasteiger partial charge in [0.15, 0.2) is 0 Å². The second-order valence-electron chi connectivity index (χ2n) is 6.32. The minimum atomic E-state index is -0.582. The summed E-state index contributed by atoms with van der Waals surface area (Å²) in [5, 5.41) is 12.2. The zero-order valence-corrected chi connectivity index (χ0v) is 17.1. The quantitative estimate of drug-likeness (QED) is 0.428. The summed E-state index contributed by atoms with van der Waals surface area (Å²) in [5.74, 6) is -0.535. The molecule has 1 amide bonds. The lowest BCUT2D eigenvalue weighted by Crippen LogP contribution is -2.30. The van der Waals surface area contributed by atoms with Gasteiger partial charge in [-0.05, 0) is 49.7 Å². The highest BCUT2D eigenvalue weighted by atomic mass is 35.5. The molecule has 0 unspecified atom stereocenters. The monoisotopic (exact) mass is 426 g/mol. The fourth-order valence-electron chi connectivity index (χ4n) is 2.89. The van der Waals surface area contributed by atoms with Crippen LogP contribution in [0.1, 0.15) is 22.8 Å². The predicted molar refractivity (Wildman–Crippen MR) is 115 cm³/mol. The molecule has 1 aromatic heterocycles. The van der Waals surface area contributed by atoms with Gasteiger partial charge in [-0.2, -0.15) is 0 Å². The lowest BCUT2D eigenvalue weighted by molar-refractivity contribution is -0.383. The van der Waals surface area contributed by atoms with Crippen LogP contribution in [0.3, 0.4) is 0 Å². The number of carbonyl (C=O) groups excluding carboxylic acids is 1. The number of benzene rings is 2. The molecule has 0 bridgehead atoms. The average molecular weight is 427 g/mol. The van der Waals surface area contributed by atoms with Crippen LogP contribution in [-0.2, 0) is 0 Å². The van der Waals surface area contributed by atoms with E-state index in [1.807, 2.05) is 38.1 Å². The molecule has 1 heterocycles. The number of nitrogens with one attached hydrogen (secondary N) is 2. The van der Waals surface area contributed by atoms with Crippen molar-refractivity contribution in [3.63, 3.8) is 0 Å². The Bertz CT molecular complexity index is 1090. The Hall–Kier alpha value is -3.72. The van der Waals surface area contributed by atoms with Crippen LogP contribution < -0.4 is 15.8 Å². The summed E-state index contributed by atoms with van der Waals surface area (Å²) in [6, 6.07) is 13.9. The molecular weight excluding hydrogens is 408 g/mol. The number of anilines is 3. The lowest BCUT2D eigenvalue weighted by atomic mass is 10.2. The van der Waals surface area contributed by atoms with Crippen LogP contribution in [0.15, 0.2) is 54.9 Å². The van der Waals surface area contributed by atoms with E-state index in [0.29, 0.717) is 17.1 Å². The number of aromatic nitrogens is 2. The third-order valence-corrected chi connectivity index (χ3v) is 4.49. The van der Waals surface area contributed by atoms with E-state index in [2.05, 4.69) is 20.8 Å². The standard InChI is InChI=1S/C20H19ClN6O3/c1-3-26(16-9-4-6-13(2)10-16)19-17(27(29)30)18(22-12-23-19)24-25-20(28)14-7-5-8-15(21)11-14/h4-12H,3H2,1-2H3,(H,25,28)(H,22,23,24). The Kier molecular flexibility index (Phi) is 6.43. The van der Waals surface area contributed by atoms with Gasteiger partial charge in [-0.3, -0.25) is 25.8 Å². The Balaban J connectivity index is 1.93. The zero-order valence-electron chi connectivity index (χ0n) is 16.3. The van der Waals surface area contributed by atoms with E-state index >= 15 is 0 Å². The zero-order chi connectivity index (χ0) is 21.7. The number of hydrazine groups is 1. The van der Waals surface area contributed by atoms with Gasteiger partial charge in [0, 0.05) is 22.8 Å². The first-order valence-corrected chi connectivity index (χ1v) is 9.44. The molecule has 0 saturated heterocycles. The summed E-state index contributed by atoms with van der Waals surface area (Å²) < 4.78 is 0. The van der Waals surface area contributed by atoms with Crippen molar-refractivity contribution in [2.75, 3.05) is 16.9 Å². The van der Waals surface area contributed by atoms with Gasteiger partial charge in [0.2, 0.25) is 11.6 Å². The molecular formula is C20H19ClN6O3. The summed E-state index contributed by atoms with van der Waals surface area (Å²) in [6.45, 7) is 4.24. The summed E-state index contributed by atoms with van der Waals surface area (Å²) in [5.41, 5.74) is 6.65. The fourth-order valence-corrected chi connectivity index (χ4v) is 3.09. The molecule has 0 aliphatic carbocycles. The van der Waals surface area contributed by atoms with Crippen molar-refractivity contribution in [3.05, 3.63) is 81.1 Å². The molecule has 0 fully saturated rings. The molecule has 10 heteroatoms. The third-order valence-electron chi connectivity index (χ3n) is 4.25. The Morgan fingerprint density at radius 1 is 1.20 bits per heavy atom.